The molecule has 2 atom stereocenters. The maximum absolute atomic E-state index is 13.7. The van der Waals surface area contributed by atoms with Gasteiger partial charge in [-0.25, -0.2) is 4.39 Å². The fourth-order valence-electron chi connectivity index (χ4n) is 2.14. The summed E-state index contributed by atoms with van der Waals surface area (Å²) in [4.78, 5) is 1.94. The lowest BCUT2D eigenvalue weighted by molar-refractivity contribution is 0.240. The van der Waals surface area contributed by atoms with Crippen LogP contribution in [0.4, 0.5) is 4.39 Å². The Hall–Kier alpha value is -1.60. The molecule has 3 nitrogen and oxygen atoms in total. The highest BCUT2D eigenvalue weighted by molar-refractivity contribution is 5.32. The molecule has 1 rings (SSSR count). The molecule has 1 aromatic rings. The highest BCUT2D eigenvalue weighted by Gasteiger charge is 2.24. The average Bonchev–Trinajstić information content (AvgIpc) is 2.35. The zero-order valence-corrected chi connectivity index (χ0v) is 11.3. The molecule has 0 fully saturated rings. The zero-order chi connectivity index (χ0) is 13.7. The van der Waals surface area contributed by atoms with Gasteiger partial charge in [-0.2, -0.15) is 5.26 Å². The van der Waals surface area contributed by atoms with Crippen LogP contribution in [0.25, 0.3) is 0 Å². The summed E-state index contributed by atoms with van der Waals surface area (Å²) in [7, 11) is 5.23. The molecule has 0 saturated heterocycles. The number of benzene rings is 1. The summed E-state index contributed by atoms with van der Waals surface area (Å²) in [5.74, 6) is -0.330. The third-order valence-electron chi connectivity index (χ3n) is 3.06. The van der Waals surface area contributed by atoms with Gasteiger partial charge in [0.2, 0.25) is 0 Å². The minimum Gasteiger partial charge on any atom is -0.494 e. The van der Waals surface area contributed by atoms with E-state index in [1.54, 1.807) is 6.07 Å². The van der Waals surface area contributed by atoms with Crippen LogP contribution in [-0.2, 0) is 0 Å². The van der Waals surface area contributed by atoms with Crippen LogP contribution >= 0.6 is 0 Å². The predicted octanol–water partition coefficient (Wildman–Crippen LogP) is 2.99. The number of hydrogen-bond donors (Lipinski definition) is 0. The second-order valence-corrected chi connectivity index (χ2v) is 4.45. The Kier molecular flexibility index (Phi) is 5.11. The number of nitriles is 1. The first-order valence-electron chi connectivity index (χ1n) is 5.94. The third-order valence-corrected chi connectivity index (χ3v) is 3.06. The predicted molar refractivity (Wildman–Crippen MR) is 68.8 cm³/mol. The van der Waals surface area contributed by atoms with Crippen molar-refractivity contribution in [3.05, 3.63) is 29.6 Å². The summed E-state index contributed by atoms with van der Waals surface area (Å²) in [6, 6.07) is 7.04. The molecule has 0 aliphatic rings. The summed E-state index contributed by atoms with van der Waals surface area (Å²) in [5, 5.41) is 9.18. The number of nitrogens with zero attached hydrogens (tertiary/aromatic N) is 2. The Labute approximate surface area is 108 Å². The van der Waals surface area contributed by atoms with Crippen LogP contribution in [0.3, 0.4) is 0 Å². The van der Waals surface area contributed by atoms with Crippen molar-refractivity contribution in [2.24, 2.45) is 5.92 Å². The van der Waals surface area contributed by atoms with E-state index in [2.05, 4.69) is 6.07 Å². The molecule has 2 unspecified atom stereocenters. The van der Waals surface area contributed by atoms with Crippen molar-refractivity contribution < 1.29 is 9.13 Å². The highest BCUT2D eigenvalue weighted by Crippen LogP contribution is 2.31. The van der Waals surface area contributed by atoms with Gasteiger partial charge >= 0.3 is 0 Å². The first kappa shape index (κ1) is 14.5. The van der Waals surface area contributed by atoms with Crippen molar-refractivity contribution in [3.63, 3.8) is 0 Å². The summed E-state index contributed by atoms with van der Waals surface area (Å²) in [6.07, 6.45) is 0.729. The Morgan fingerprint density at radius 3 is 2.50 bits per heavy atom. The quantitative estimate of drug-likeness (QED) is 0.806. The molecule has 0 aliphatic carbocycles. The second-order valence-electron chi connectivity index (χ2n) is 4.45. The molecule has 0 aliphatic heterocycles. The number of rotatable bonds is 5. The maximum atomic E-state index is 13.7. The van der Waals surface area contributed by atoms with Crippen molar-refractivity contribution in [3.8, 4) is 11.8 Å². The monoisotopic (exact) mass is 250 g/mol. The van der Waals surface area contributed by atoms with Crippen LogP contribution in [0.15, 0.2) is 18.2 Å². The van der Waals surface area contributed by atoms with E-state index in [9.17, 15) is 9.65 Å². The van der Waals surface area contributed by atoms with Crippen molar-refractivity contribution >= 4 is 0 Å². The van der Waals surface area contributed by atoms with E-state index in [1.807, 2.05) is 32.0 Å². The molecule has 18 heavy (non-hydrogen) atoms. The van der Waals surface area contributed by atoms with Gasteiger partial charge in [-0.1, -0.05) is 13.0 Å². The average molecular weight is 250 g/mol. The number of ether oxygens (including phenoxy) is 1. The van der Waals surface area contributed by atoms with Crippen LogP contribution in [0.5, 0.6) is 5.75 Å². The van der Waals surface area contributed by atoms with Crippen LogP contribution < -0.4 is 4.74 Å². The molecule has 0 aromatic heterocycles. The standard InChI is InChI=1S/C14H19FN2O/c1-5-10(9-16)14(17(2)3)11-6-7-13(18-4)12(15)8-11/h6-8,10,14H,5H2,1-4H3. The van der Waals surface area contributed by atoms with Crippen molar-refractivity contribution in [1.29, 1.82) is 5.26 Å². The first-order chi connectivity index (χ1) is 8.54. The second kappa shape index (κ2) is 6.36. The Morgan fingerprint density at radius 1 is 1.44 bits per heavy atom. The van der Waals surface area contributed by atoms with E-state index in [-0.39, 0.29) is 17.7 Å². The molecule has 0 N–H and O–H groups in total. The highest BCUT2D eigenvalue weighted by atomic mass is 19.1. The van der Waals surface area contributed by atoms with Gasteiger partial charge in [0.15, 0.2) is 11.6 Å². The van der Waals surface area contributed by atoms with E-state index >= 15 is 0 Å². The Balaban J connectivity index is 3.15. The molecule has 0 saturated carbocycles. The van der Waals surface area contributed by atoms with E-state index in [4.69, 9.17) is 4.74 Å². The molecule has 4 heteroatoms. The van der Waals surface area contributed by atoms with E-state index in [1.165, 1.54) is 13.2 Å². The van der Waals surface area contributed by atoms with Gasteiger partial charge in [-0.05, 0) is 38.2 Å². The summed E-state index contributed by atoms with van der Waals surface area (Å²) in [6.45, 7) is 1.96. The van der Waals surface area contributed by atoms with Gasteiger partial charge in [-0.15, -0.1) is 0 Å². The normalized spacial score (nSPS) is 14.1. The molecule has 0 bridgehead atoms. The number of halogens is 1. The summed E-state index contributed by atoms with van der Waals surface area (Å²) >= 11 is 0. The lowest BCUT2D eigenvalue weighted by atomic mass is 9.91. The minimum absolute atomic E-state index is 0.111. The first-order valence-corrected chi connectivity index (χ1v) is 5.94. The maximum Gasteiger partial charge on any atom is 0.165 e. The van der Waals surface area contributed by atoms with Gasteiger partial charge in [0.1, 0.15) is 0 Å². The van der Waals surface area contributed by atoms with Crippen molar-refractivity contribution in [2.75, 3.05) is 21.2 Å². The van der Waals surface area contributed by atoms with Crippen LogP contribution in [0.1, 0.15) is 24.9 Å². The smallest absolute Gasteiger partial charge is 0.165 e. The summed E-state index contributed by atoms with van der Waals surface area (Å²) in [5.41, 5.74) is 0.798. The largest absolute Gasteiger partial charge is 0.494 e. The van der Waals surface area contributed by atoms with Crippen LogP contribution in [-0.4, -0.2) is 26.1 Å². The number of hydrogen-bond acceptors (Lipinski definition) is 3. The number of methoxy groups -OCH3 is 1. The van der Waals surface area contributed by atoms with Crippen LogP contribution in [0, 0.1) is 23.1 Å². The zero-order valence-electron chi connectivity index (χ0n) is 11.3. The minimum atomic E-state index is -0.394. The van der Waals surface area contributed by atoms with E-state index < -0.39 is 5.82 Å². The van der Waals surface area contributed by atoms with Gasteiger partial charge in [0.25, 0.3) is 0 Å². The summed E-state index contributed by atoms with van der Waals surface area (Å²) < 4.78 is 18.6. The van der Waals surface area contributed by atoms with Gasteiger partial charge in [0.05, 0.1) is 25.1 Å². The van der Waals surface area contributed by atoms with Gasteiger partial charge in [-0.3, -0.25) is 0 Å². The third kappa shape index (κ3) is 2.99. The van der Waals surface area contributed by atoms with E-state index in [0.717, 1.165) is 12.0 Å². The topological polar surface area (TPSA) is 36.3 Å². The molecule has 0 amide bonds. The molecular formula is C14H19FN2O. The Bertz CT molecular complexity index is 440. The van der Waals surface area contributed by atoms with Gasteiger partial charge in [0, 0.05) is 0 Å². The Morgan fingerprint density at radius 2 is 2.11 bits per heavy atom. The van der Waals surface area contributed by atoms with Crippen LogP contribution in [0.2, 0.25) is 0 Å². The van der Waals surface area contributed by atoms with Crippen molar-refractivity contribution in [2.45, 2.75) is 19.4 Å². The fourth-order valence-corrected chi connectivity index (χ4v) is 2.14. The molecule has 1 aromatic carbocycles. The molecule has 98 valence electrons. The lowest BCUT2D eigenvalue weighted by Gasteiger charge is -2.28. The lowest BCUT2D eigenvalue weighted by Crippen LogP contribution is -2.26. The molecule has 0 radical (unpaired) electrons. The van der Waals surface area contributed by atoms with Gasteiger partial charge < -0.3 is 9.64 Å². The molecule has 0 heterocycles. The molecule has 0 spiro atoms. The SMILES string of the molecule is CCC(C#N)C(c1ccc(OC)c(F)c1)N(C)C. The van der Waals surface area contributed by atoms with E-state index in [0.29, 0.717) is 0 Å². The van der Waals surface area contributed by atoms with Crippen molar-refractivity contribution in [1.82, 2.24) is 4.90 Å². The fraction of sp³-hybridized carbons (Fsp3) is 0.500. The molecular weight excluding hydrogens is 231 g/mol.